The van der Waals surface area contributed by atoms with Gasteiger partial charge in [-0.25, -0.2) is 4.98 Å². The van der Waals surface area contributed by atoms with Crippen molar-refractivity contribution in [2.75, 3.05) is 0 Å². The van der Waals surface area contributed by atoms with Crippen LogP contribution in [0.4, 0.5) is 0 Å². The Kier molecular flexibility index (Phi) is 3.66. The second-order valence-corrected chi connectivity index (χ2v) is 4.30. The number of hydrogen-bond acceptors (Lipinski definition) is 4. The van der Waals surface area contributed by atoms with Gasteiger partial charge in [0.1, 0.15) is 11.4 Å². The third kappa shape index (κ3) is 3.03. The van der Waals surface area contributed by atoms with E-state index in [1.165, 1.54) is 24.3 Å². The molecule has 7 nitrogen and oxygen atoms in total. The highest BCUT2D eigenvalue weighted by Crippen LogP contribution is 2.21. The van der Waals surface area contributed by atoms with Crippen LogP contribution in [0.5, 0.6) is 0 Å². The van der Waals surface area contributed by atoms with Crippen LogP contribution >= 0.6 is 0 Å². The Balaban J connectivity index is 2.54. The van der Waals surface area contributed by atoms with Crippen molar-refractivity contribution < 1.29 is 14.4 Å². The first-order valence-corrected chi connectivity index (χ1v) is 5.90. The van der Waals surface area contributed by atoms with E-state index >= 15 is 0 Å². The summed E-state index contributed by atoms with van der Waals surface area (Å²) in [5, 5.41) is 0. The SMILES string of the molecule is NC(=O)c1ccc(-c2cc(C(N)=O)nc(C(N)=O)c2)cc1. The zero-order chi connectivity index (χ0) is 15.6. The number of rotatable bonds is 4. The number of carbonyl (C=O) groups excluding carboxylic acids is 3. The molecular formula is C14H12N4O3. The fraction of sp³-hybridized carbons (Fsp3) is 0. The maximum absolute atomic E-state index is 11.2. The zero-order valence-corrected chi connectivity index (χ0v) is 10.9. The summed E-state index contributed by atoms with van der Waals surface area (Å²) in [5.41, 5.74) is 16.9. The number of primary amides is 3. The second-order valence-electron chi connectivity index (χ2n) is 4.30. The normalized spacial score (nSPS) is 10.1. The summed E-state index contributed by atoms with van der Waals surface area (Å²) in [4.78, 5) is 37.3. The molecule has 0 saturated heterocycles. The minimum Gasteiger partial charge on any atom is -0.366 e. The van der Waals surface area contributed by atoms with Crippen LogP contribution in [0.3, 0.4) is 0 Å². The number of hydrogen-bond donors (Lipinski definition) is 3. The molecule has 1 aromatic heterocycles. The maximum Gasteiger partial charge on any atom is 0.267 e. The largest absolute Gasteiger partial charge is 0.366 e. The summed E-state index contributed by atoms with van der Waals surface area (Å²) in [6.07, 6.45) is 0. The van der Waals surface area contributed by atoms with E-state index in [0.717, 1.165) is 0 Å². The zero-order valence-electron chi connectivity index (χ0n) is 10.9. The summed E-state index contributed by atoms with van der Waals surface area (Å²) < 4.78 is 0. The van der Waals surface area contributed by atoms with Crippen molar-refractivity contribution in [3.8, 4) is 11.1 Å². The van der Waals surface area contributed by atoms with Crippen molar-refractivity contribution >= 4 is 17.7 Å². The van der Waals surface area contributed by atoms with Gasteiger partial charge in [-0.15, -0.1) is 0 Å². The Bertz CT molecular complexity index is 706. The number of amides is 3. The van der Waals surface area contributed by atoms with Crippen LogP contribution in [0.2, 0.25) is 0 Å². The van der Waals surface area contributed by atoms with Crippen molar-refractivity contribution in [1.82, 2.24) is 4.98 Å². The van der Waals surface area contributed by atoms with Gasteiger partial charge in [-0.2, -0.15) is 0 Å². The molecule has 0 saturated carbocycles. The molecule has 3 amide bonds. The first kappa shape index (κ1) is 14.2. The molecule has 6 N–H and O–H groups in total. The second kappa shape index (κ2) is 5.41. The third-order valence-corrected chi connectivity index (χ3v) is 2.83. The first-order chi connectivity index (χ1) is 9.88. The average molecular weight is 284 g/mol. The minimum atomic E-state index is -0.770. The van der Waals surface area contributed by atoms with E-state index in [0.29, 0.717) is 16.7 Å². The molecule has 0 bridgehead atoms. The molecule has 0 radical (unpaired) electrons. The molecular weight excluding hydrogens is 272 g/mol. The number of pyridine rings is 1. The Morgan fingerprint density at radius 1 is 0.714 bits per heavy atom. The topological polar surface area (TPSA) is 142 Å². The van der Waals surface area contributed by atoms with Gasteiger partial charge in [-0.05, 0) is 35.4 Å². The van der Waals surface area contributed by atoms with Crippen LogP contribution in [-0.4, -0.2) is 22.7 Å². The van der Waals surface area contributed by atoms with Crippen molar-refractivity contribution in [2.45, 2.75) is 0 Å². The highest BCUT2D eigenvalue weighted by Gasteiger charge is 2.12. The summed E-state index contributed by atoms with van der Waals surface area (Å²) in [6, 6.07) is 9.20. The molecule has 0 aliphatic heterocycles. The minimum absolute atomic E-state index is 0.0692. The van der Waals surface area contributed by atoms with Crippen molar-refractivity contribution in [3.63, 3.8) is 0 Å². The lowest BCUT2D eigenvalue weighted by molar-refractivity contribution is 0.0984. The van der Waals surface area contributed by atoms with Gasteiger partial charge in [-0.1, -0.05) is 12.1 Å². The lowest BCUT2D eigenvalue weighted by Gasteiger charge is -2.06. The van der Waals surface area contributed by atoms with Gasteiger partial charge < -0.3 is 17.2 Å². The summed E-state index contributed by atoms with van der Waals surface area (Å²) >= 11 is 0. The van der Waals surface area contributed by atoms with Gasteiger partial charge in [0.25, 0.3) is 11.8 Å². The summed E-state index contributed by atoms with van der Waals surface area (Å²) in [7, 11) is 0. The van der Waals surface area contributed by atoms with E-state index in [2.05, 4.69) is 4.98 Å². The van der Waals surface area contributed by atoms with Crippen LogP contribution in [0.25, 0.3) is 11.1 Å². The molecule has 0 aliphatic carbocycles. The van der Waals surface area contributed by atoms with Crippen molar-refractivity contribution in [3.05, 3.63) is 53.3 Å². The molecule has 0 atom stereocenters. The highest BCUT2D eigenvalue weighted by atomic mass is 16.2. The van der Waals surface area contributed by atoms with E-state index in [9.17, 15) is 14.4 Å². The van der Waals surface area contributed by atoms with E-state index < -0.39 is 17.7 Å². The maximum atomic E-state index is 11.2. The Labute approximate surface area is 119 Å². The van der Waals surface area contributed by atoms with Gasteiger partial charge in [0.05, 0.1) is 0 Å². The molecule has 21 heavy (non-hydrogen) atoms. The van der Waals surface area contributed by atoms with Gasteiger partial charge in [0, 0.05) is 5.56 Å². The molecule has 106 valence electrons. The fourth-order valence-electron chi connectivity index (χ4n) is 1.78. The number of nitrogens with zero attached hydrogens (tertiary/aromatic N) is 1. The average Bonchev–Trinajstić information content (AvgIpc) is 2.46. The van der Waals surface area contributed by atoms with E-state index in [1.807, 2.05) is 0 Å². The van der Waals surface area contributed by atoms with Crippen LogP contribution in [0.15, 0.2) is 36.4 Å². The molecule has 1 heterocycles. The lowest BCUT2D eigenvalue weighted by atomic mass is 10.0. The predicted octanol–water partition coefficient (Wildman–Crippen LogP) is 0.0453. The van der Waals surface area contributed by atoms with E-state index in [4.69, 9.17) is 17.2 Å². The molecule has 2 rings (SSSR count). The smallest absolute Gasteiger partial charge is 0.267 e. The van der Waals surface area contributed by atoms with Crippen LogP contribution in [-0.2, 0) is 0 Å². The van der Waals surface area contributed by atoms with Gasteiger partial charge in [0.15, 0.2) is 0 Å². The number of nitrogens with two attached hydrogens (primary N) is 3. The molecule has 0 fully saturated rings. The lowest BCUT2D eigenvalue weighted by Crippen LogP contribution is -2.19. The quantitative estimate of drug-likeness (QED) is 0.728. The molecule has 1 aromatic carbocycles. The Morgan fingerprint density at radius 3 is 1.57 bits per heavy atom. The Morgan fingerprint density at radius 2 is 1.19 bits per heavy atom. The van der Waals surface area contributed by atoms with Crippen LogP contribution < -0.4 is 17.2 Å². The number of aromatic nitrogens is 1. The molecule has 0 aliphatic rings. The summed E-state index contributed by atoms with van der Waals surface area (Å²) in [6.45, 7) is 0. The predicted molar refractivity (Wildman–Crippen MR) is 75.2 cm³/mol. The standard InChI is InChI=1S/C14H12N4O3/c15-12(19)8-3-1-7(2-4-8)9-5-10(13(16)20)18-11(6-9)14(17)21/h1-6H,(H2,15,19)(H2,16,20)(H2,17,21). The van der Waals surface area contributed by atoms with Crippen molar-refractivity contribution in [1.29, 1.82) is 0 Å². The third-order valence-electron chi connectivity index (χ3n) is 2.83. The van der Waals surface area contributed by atoms with Gasteiger partial charge >= 0.3 is 0 Å². The van der Waals surface area contributed by atoms with Gasteiger partial charge in [0.2, 0.25) is 5.91 Å². The summed E-state index contributed by atoms with van der Waals surface area (Å²) in [5.74, 6) is -2.09. The Hall–Kier alpha value is -3.22. The van der Waals surface area contributed by atoms with Gasteiger partial charge in [-0.3, -0.25) is 14.4 Å². The molecule has 0 unspecified atom stereocenters. The highest BCUT2D eigenvalue weighted by molar-refractivity contribution is 5.97. The number of carbonyl (C=O) groups is 3. The molecule has 7 heteroatoms. The molecule has 2 aromatic rings. The van der Waals surface area contributed by atoms with E-state index in [-0.39, 0.29) is 11.4 Å². The monoisotopic (exact) mass is 284 g/mol. The molecule has 0 spiro atoms. The number of benzene rings is 1. The van der Waals surface area contributed by atoms with Crippen LogP contribution in [0, 0.1) is 0 Å². The fourth-order valence-corrected chi connectivity index (χ4v) is 1.78. The first-order valence-electron chi connectivity index (χ1n) is 5.90. The van der Waals surface area contributed by atoms with E-state index in [1.54, 1.807) is 12.1 Å². The van der Waals surface area contributed by atoms with Crippen molar-refractivity contribution in [2.24, 2.45) is 17.2 Å². The van der Waals surface area contributed by atoms with Crippen LogP contribution in [0.1, 0.15) is 31.3 Å².